The number of fused-ring (bicyclic) bond motifs is 1. The predicted octanol–water partition coefficient (Wildman–Crippen LogP) is 3.60. The van der Waals surface area contributed by atoms with Gasteiger partial charge in [-0.2, -0.15) is 0 Å². The van der Waals surface area contributed by atoms with Crippen molar-refractivity contribution in [1.82, 2.24) is 14.5 Å². The summed E-state index contributed by atoms with van der Waals surface area (Å²) in [6.07, 6.45) is 0.864. The second-order valence-electron chi connectivity index (χ2n) is 8.62. The molecule has 0 saturated heterocycles. The Kier molecular flexibility index (Phi) is 8.56. The molecule has 2 aromatic carbocycles. The number of amides is 3. The molecule has 2 atom stereocenters. The maximum absolute atomic E-state index is 13.2. The van der Waals surface area contributed by atoms with Crippen molar-refractivity contribution in [3.63, 3.8) is 0 Å². The predicted molar refractivity (Wildman–Crippen MR) is 133 cm³/mol. The van der Waals surface area contributed by atoms with Gasteiger partial charge in [0.05, 0.1) is 5.56 Å². The van der Waals surface area contributed by atoms with Crippen molar-refractivity contribution in [2.24, 2.45) is 0 Å². The molecular weight excluding hydrogens is 490 g/mol. The van der Waals surface area contributed by atoms with Gasteiger partial charge in [-0.15, -0.1) is 0 Å². The van der Waals surface area contributed by atoms with Crippen LogP contribution in [-0.4, -0.2) is 54.0 Å². The van der Waals surface area contributed by atoms with Gasteiger partial charge >= 0.3 is 0 Å². The van der Waals surface area contributed by atoms with E-state index in [1.807, 2.05) is 13.8 Å². The monoisotopic (exact) mass is 519 g/mol. The van der Waals surface area contributed by atoms with Crippen LogP contribution in [-0.2, 0) is 26.2 Å². The first-order valence-corrected chi connectivity index (χ1v) is 13.4. The largest absolute Gasteiger partial charge is 0.352 e. The number of hydrogen-bond acceptors (Lipinski definition) is 5. The summed E-state index contributed by atoms with van der Waals surface area (Å²) in [5.41, 5.74) is 0.942. The van der Waals surface area contributed by atoms with Crippen molar-refractivity contribution >= 4 is 39.3 Å². The zero-order valence-electron chi connectivity index (χ0n) is 20.0. The number of carbonyl (C=O) groups is 3. The van der Waals surface area contributed by atoms with Crippen molar-refractivity contribution < 1.29 is 22.8 Å². The average Bonchev–Trinajstić information content (AvgIpc) is 3.03. The fourth-order valence-corrected chi connectivity index (χ4v) is 5.54. The summed E-state index contributed by atoms with van der Waals surface area (Å²) in [5.74, 6) is -1.17. The van der Waals surface area contributed by atoms with Crippen LogP contribution in [0, 0.1) is 0 Å². The number of benzene rings is 2. The molecule has 0 bridgehead atoms. The van der Waals surface area contributed by atoms with Gasteiger partial charge in [0.1, 0.15) is 10.9 Å². The van der Waals surface area contributed by atoms with Crippen LogP contribution < -0.4 is 5.32 Å². The molecule has 0 fully saturated rings. The lowest BCUT2D eigenvalue weighted by molar-refractivity contribution is -0.141. The molecule has 0 saturated carbocycles. The Bertz CT molecular complexity index is 1200. The molecule has 35 heavy (non-hydrogen) atoms. The normalized spacial score (nSPS) is 15.9. The molecule has 1 N–H and O–H groups in total. The van der Waals surface area contributed by atoms with Gasteiger partial charge in [0, 0.05) is 30.6 Å². The summed E-state index contributed by atoms with van der Waals surface area (Å²) in [7, 11) is -3.93. The van der Waals surface area contributed by atoms with Crippen molar-refractivity contribution in [2.75, 3.05) is 6.54 Å². The number of nitrogens with zero attached hydrogens (tertiary/aromatic N) is 2. The first kappa shape index (κ1) is 26.7. The number of rotatable bonds is 10. The number of nitrogens with one attached hydrogen (secondary N) is 1. The Morgan fingerprint density at radius 3 is 2.37 bits per heavy atom. The van der Waals surface area contributed by atoms with Gasteiger partial charge in [-0.25, -0.2) is 12.7 Å². The molecular formula is C25H30ClN3O5S. The molecule has 188 valence electrons. The Hall–Kier alpha value is -2.91. The number of sulfonamides is 1. The van der Waals surface area contributed by atoms with E-state index in [9.17, 15) is 22.8 Å². The second-order valence-corrected chi connectivity index (χ2v) is 10.9. The standard InChI is InChI=1S/C25H30ClN3O5S/c1-4-17(2)27-24(31)18(3)28(16-19-11-13-20(26)14-12-19)23(30)10-7-15-29-25(32)21-8-5-6-9-22(21)35(29,33)34/h5-6,8-9,11-14,17-18H,4,7,10,15-16H2,1-3H3,(H,27,31)/t17-,18+/m1/s1. The first-order valence-electron chi connectivity index (χ1n) is 11.6. The molecule has 3 rings (SSSR count). The summed E-state index contributed by atoms with van der Waals surface area (Å²) in [6, 6.07) is 12.3. The molecule has 0 spiro atoms. The van der Waals surface area contributed by atoms with E-state index in [0.717, 1.165) is 16.3 Å². The van der Waals surface area contributed by atoms with Crippen LogP contribution in [0.3, 0.4) is 0 Å². The fraction of sp³-hybridized carbons (Fsp3) is 0.400. The lowest BCUT2D eigenvalue weighted by Gasteiger charge is -2.30. The van der Waals surface area contributed by atoms with Gasteiger partial charge in [-0.1, -0.05) is 42.8 Å². The topological polar surface area (TPSA) is 104 Å². The summed E-state index contributed by atoms with van der Waals surface area (Å²) < 4.78 is 26.3. The average molecular weight is 520 g/mol. The molecule has 3 amide bonds. The third kappa shape index (κ3) is 6.02. The molecule has 2 aromatic rings. The van der Waals surface area contributed by atoms with E-state index >= 15 is 0 Å². The van der Waals surface area contributed by atoms with E-state index in [4.69, 9.17) is 11.6 Å². The number of hydrogen-bond donors (Lipinski definition) is 1. The summed E-state index contributed by atoms with van der Waals surface area (Å²) in [4.78, 5) is 40.1. The summed E-state index contributed by atoms with van der Waals surface area (Å²) >= 11 is 5.97. The minimum Gasteiger partial charge on any atom is -0.352 e. The van der Waals surface area contributed by atoms with Gasteiger partial charge in [-0.05, 0) is 56.5 Å². The van der Waals surface area contributed by atoms with Gasteiger partial charge < -0.3 is 10.2 Å². The van der Waals surface area contributed by atoms with Gasteiger partial charge in [0.15, 0.2) is 0 Å². The summed E-state index contributed by atoms with van der Waals surface area (Å²) in [5, 5.41) is 3.46. The van der Waals surface area contributed by atoms with Crippen LogP contribution in [0.15, 0.2) is 53.4 Å². The highest BCUT2D eigenvalue weighted by Crippen LogP contribution is 2.30. The lowest BCUT2D eigenvalue weighted by Crippen LogP contribution is -2.49. The van der Waals surface area contributed by atoms with Crippen molar-refractivity contribution in [1.29, 1.82) is 0 Å². The van der Waals surface area contributed by atoms with Gasteiger partial charge in [0.25, 0.3) is 15.9 Å². The van der Waals surface area contributed by atoms with Gasteiger partial charge in [-0.3, -0.25) is 14.4 Å². The van der Waals surface area contributed by atoms with Crippen LogP contribution in [0.4, 0.5) is 0 Å². The highest BCUT2D eigenvalue weighted by molar-refractivity contribution is 7.90. The van der Waals surface area contributed by atoms with Crippen molar-refractivity contribution in [3.05, 3.63) is 64.7 Å². The molecule has 0 unspecified atom stereocenters. The highest BCUT2D eigenvalue weighted by Gasteiger charge is 2.40. The van der Waals surface area contributed by atoms with E-state index in [-0.39, 0.29) is 54.2 Å². The summed E-state index contributed by atoms with van der Waals surface area (Å²) in [6.45, 7) is 5.58. The lowest BCUT2D eigenvalue weighted by atomic mass is 10.1. The van der Waals surface area contributed by atoms with Crippen molar-refractivity contribution in [3.8, 4) is 0 Å². The Labute approximate surface area is 211 Å². The quantitative estimate of drug-likeness (QED) is 0.516. The minimum atomic E-state index is -3.93. The van der Waals surface area contributed by atoms with Crippen LogP contribution in [0.5, 0.6) is 0 Å². The fourth-order valence-electron chi connectivity index (χ4n) is 3.80. The van der Waals surface area contributed by atoms with Crippen LogP contribution in [0.25, 0.3) is 0 Å². The third-order valence-electron chi connectivity index (χ3n) is 6.10. The van der Waals surface area contributed by atoms with Crippen LogP contribution >= 0.6 is 11.6 Å². The molecule has 0 radical (unpaired) electrons. The molecule has 0 aromatic heterocycles. The van der Waals surface area contributed by atoms with E-state index in [1.165, 1.54) is 17.0 Å². The second kappa shape index (κ2) is 11.2. The minimum absolute atomic E-state index is 0.0176. The first-order chi connectivity index (χ1) is 16.6. The van der Waals surface area contributed by atoms with Crippen LogP contribution in [0.2, 0.25) is 5.02 Å². The molecule has 8 nitrogen and oxygen atoms in total. The highest BCUT2D eigenvalue weighted by atomic mass is 35.5. The van der Waals surface area contributed by atoms with Crippen molar-refractivity contribution in [2.45, 2.75) is 63.6 Å². The Morgan fingerprint density at radius 1 is 1.09 bits per heavy atom. The van der Waals surface area contributed by atoms with E-state index in [2.05, 4.69) is 5.32 Å². The third-order valence-corrected chi connectivity index (χ3v) is 8.19. The number of halogens is 1. The molecule has 10 heteroatoms. The Morgan fingerprint density at radius 2 is 1.74 bits per heavy atom. The van der Waals surface area contributed by atoms with Crippen LogP contribution in [0.1, 0.15) is 56.0 Å². The zero-order chi connectivity index (χ0) is 25.8. The van der Waals surface area contributed by atoms with E-state index in [1.54, 1.807) is 43.3 Å². The zero-order valence-corrected chi connectivity index (χ0v) is 21.6. The smallest absolute Gasteiger partial charge is 0.269 e. The number of carbonyl (C=O) groups excluding carboxylic acids is 3. The maximum atomic E-state index is 13.2. The van der Waals surface area contributed by atoms with Gasteiger partial charge in [0.2, 0.25) is 11.8 Å². The van der Waals surface area contributed by atoms with E-state index in [0.29, 0.717) is 5.02 Å². The Balaban J connectivity index is 1.71. The SMILES string of the molecule is CC[C@@H](C)NC(=O)[C@H](C)N(Cc1ccc(Cl)cc1)C(=O)CCCN1C(=O)c2ccccc2S1(=O)=O. The van der Waals surface area contributed by atoms with E-state index < -0.39 is 22.0 Å². The molecule has 1 heterocycles. The molecule has 1 aliphatic rings. The molecule has 1 aliphatic heterocycles. The molecule has 0 aliphatic carbocycles. The maximum Gasteiger partial charge on any atom is 0.269 e.